The van der Waals surface area contributed by atoms with E-state index < -0.39 is 6.10 Å². The number of aliphatic hydroxyl groups excluding tert-OH is 1. The van der Waals surface area contributed by atoms with E-state index in [-0.39, 0.29) is 5.97 Å². The third kappa shape index (κ3) is 4.19. The number of benzene rings is 1. The molecule has 0 saturated heterocycles. The van der Waals surface area contributed by atoms with Crippen LogP contribution in [0.1, 0.15) is 54.6 Å². The zero-order chi connectivity index (χ0) is 12.7. The largest absolute Gasteiger partial charge is 0.465 e. The van der Waals surface area contributed by atoms with Crippen molar-refractivity contribution in [2.24, 2.45) is 0 Å². The highest BCUT2D eigenvalue weighted by Gasteiger charge is 2.09. The van der Waals surface area contributed by atoms with Gasteiger partial charge in [-0.25, -0.2) is 4.79 Å². The fraction of sp³-hybridized carbons (Fsp3) is 0.500. The maximum absolute atomic E-state index is 11.2. The van der Waals surface area contributed by atoms with E-state index in [4.69, 9.17) is 0 Å². The van der Waals surface area contributed by atoms with E-state index in [1.165, 1.54) is 7.11 Å². The Hall–Kier alpha value is -1.35. The minimum absolute atomic E-state index is 0.350. The highest BCUT2D eigenvalue weighted by atomic mass is 16.5. The molecule has 0 aliphatic carbocycles. The van der Waals surface area contributed by atoms with Gasteiger partial charge in [0.15, 0.2) is 0 Å². The number of hydrogen-bond acceptors (Lipinski definition) is 3. The molecule has 0 amide bonds. The number of rotatable bonds is 6. The van der Waals surface area contributed by atoms with E-state index in [2.05, 4.69) is 11.7 Å². The van der Waals surface area contributed by atoms with E-state index >= 15 is 0 Å². The molecule has 17 heavy (non-hydrogen) atoms. The molecule has 1 rings (SSSR count). The second-order valence-corrected chi connectivity index (χ2v) is 4.13. The molecule has 0 heterocycles. The van der Waals surface area contributed by atoms with E-state index in [9.17, 15) is 9.90 Å². The first kappa shape index (κ1) is 13.7. The number of carbonyl (C=O) groups is 1. The van der Waals surface area contributed by atoms with Crippen LogP contribution in [0.4, 0.5) is 0 Å². The van der Waals surface area contributed by atoms with Gasteiger partial charge in [-0.05, 0) is 24.1 Å². The predicted molar refractivity (Wildman–Crippen MR) is 66.9 cm³/mol. The molecule has 0 saturated carbocycles. The maximum Gasteiger partial charge on any atom is 0.337 e. The zero-order valence-electron chi connectivity index (χ0n) is 10.5. The lowest BCUT2D eigenvalue weighted by Gasteiger charge is -2.10. The summed E-state index contributed by atoms with van der Waals surface area (Å²) in [5.41, 5.74) is 1.37. The third-order valence-corrected chi connectivity index (χ3v) is 2.80. The molecule has 1 N–H and O–H groups in total. The smallest absolute Gasteiger partial charge is 0.337 e. The number of methoxy groups -OCH3 is 1. The summed E-state index contributed by atoms with van der Waals surface area (Å²) in [7, 11) is 1.36. The fourth-order valence-corrected chi connectivity index (χ4v) is 1.71. The quantitative estimate of drug-likeness (QED) is 0.610. The Kier molecular flexibility index (Phi) is 5.70. The second-order valence-electron chi connectivity index (χ2n) is 4.13. The van der Waals surface area contributed by atoms with Gasteiger partial charge in [-0.15, -0.1) is 0 Å². The van der Waals surface area contributed by atoms with Crippen molar-refractivity contribution in [3.05, 3.63) is 35.4 Å². The summed E-state index contributed by atoms with van der Waals surface area (Å²) in [6.45, 7) is 2.14. The predicted octanol–water partition coefficient (Wildman–Crippen LogP) is 3.09. The average molecular weight is 236 g/mol. The van der Waals surface area contributed by atoms with E-state index in [1.54, 1.807) is 24.3 Å². The molecular formula is C14H20O3. The lowest BCUT2D eigenvalue weighted by molar-refractivity contribution is 0.0600. The normalized spacial score (nSPS) is 12.2. The molecular weight excluding hydrogens is 216 g/mol. The fourth-order valence-electron chi connectivity index (χ4n) is 1.71. The van der Waals surface area contributed by atoms with Gasteiger partial charge in [0.05, 0.1) is 18.8 Å². The van der Waals surface area contributed by atoms with Gasteiger partial charge in [-0.3, -0.25) is 0 Å². The number of aliphatic hydroxyl groups is 1. The summed E-state index contributed by atoms with van der Waals surface area (Å²) in [6, 6.07) is 6.93. The first-order valence-electron chi connectivity index (χ1n) is 6.05. The van der Waals surface area contributed by atoms with Gasteiger partial charge in [0.25, 0.3) is 0 Å². The molecule has 1 aromatic rings. The molecule has 0 radical (unpaired) electrons. The van der Waals surface area contributed by atoms with Crippen LogP contribution in [0, 0.1) is 0 Å². The number of hydrogen-bond donors (Lipinski definition) is 1. The molecule has 1 atom stereocenters. The summed E-state index contributed by atoms with van der Waals surface area (Å²) >= 11 is 0. The molecule has 0 aliphatic heterocycles. The Bertz CT molecular complexity index is 343. The Morgan fingerprint density at radius 3 is 2.47 bits per heavy atom. The van der Waals surface area contributed by atoms with Crippen LogP contribution in [0.3, 0.4) is 0 Å². The van der Waals surface area contributed by atoms with Crippen molar-refractivity contribution in [3.8, 4) is 0 Å². The summed E-state index contributed by atoms with van der Waals surface area (Å²) in [4.78, 5) is 11.2. The Morgan fingerprint density at radius 1 is 1.29 bits per heavy atom. The number of unbranched alkanes of at least 4 members (excludes halogenated alkanes) is 2. The third-order valence-electron chi connectivity index (χ3n) is 2.80. The summed E-state index contributed by atoms with van der Waals surface area (Å²) in [5, 5.41) is 9.92. The van der Waals surface area contributed by atoms with Crippen molar-refractivity contribution >= 4 is 5.97 Å². The monoisotopic (exact) mass is 236 g/mol. The molecule has 3 nitrogen and oxygen atoms in total. The second kappa shape index (κ2) is 7.07. The lowest BCUT2D eigenvalue weighted by atomic mass is 10.0. The summed E-state index contributed by atoms with van der Waals surface area (Å²) < 4.78 is 4.61. The molecule has 0 aliphatic rings. The van der Waals surface area contributed by atoms with E-state index in [1.807, 2.05) is 0 Å². The topological polar surface area (TPSA) is 46.5 Å². The molecule has 0 spiro atoms. The van der Waals surface area contributed by atoms with Crippen LogP contribution in [0.15, 0.2) is 24.3 Å². The van der Waals surface area contributed by atoms with Crippen molar-refractivity contribution in [1.29, 1.82) is 0 Å². The summed E-state index contributed by atoms with van der Waals surface area (Å²) in [5.74, 6) is -0.350. The van der Waals surface area contributed by atoms with Crippen LogP contribution < -0.4 is 0 Å². The minimum Gasteiger partial charge on any atom is -0.465 e. The Morgan fingerprint density at radius 2 is 1.94 bits per heavy atom. The average Bonchev–Trinajstić information content (AvgIpc) is 2.38. The molecule has 1 aromatic carbocycles. The van der Waals surface area contributed by atoms with Gasteiger partial charge in [-0.2, -0.15) is 0 Å². The van der Waals surface area contributed by atoms with Gasteiger partial charge in [0.2, 0.25) is 0 Å². The highest BCUT2D eigenvalue weighted by molar-refractivity contribution is 5.89. The number of esters is 1. The number of carbonyl (C=O) groups excluding carboxylic acids is 1. The molecule has 3 heteroatoms. The van der Waals surface area contributed by atoms with Crippen LogP contribution in [0.25, 0.3) is 0 Å². The van der Waals surface area contributed by atoms with Crippen LogP contribution >= 0.6 is 0 Å². The maximum atomic E-state index is 11.2. The molecule has 0 bridgehead atoms. The summed E-state index contributed by atoms with van der Waals surface area (Å²) in [6.07, 6.45) is 3.64. The van der Waals surface area contributed by atoms with Crippen LogP contribution in [-0.2, 0) is 4.74 Å². The van der Waals surface area contributed by atoms with Crippen molar-refractivity contribution in [1.82, 2.24) is 0 Å². The van der Waals surface area contributed by atoms with E-state index in [0.717, 1.165) is 31.2 Å². The van der Waals surface area contributed by atoms with Gasteiger partial charge >= 0.3 is 5.97 Å². The van der Waals surface area contributed by atoms with Gasteiger partial charge < -0.3 is 9.84 Å². The molecule has 94 valence electrons. The lowest BCUT2D eigenvalue weighted by Crippen LogP contribution is -2.02. The number of ether oxygens (including phenoxy) is 1. The highest BCUT2D eigenvalue weighted by Crippen LogP contribution is 2.20. The first-order valence-corrected chi connectivity index (χ1v) is 6.05. The van der Waals surface area contributed by atoms with Crippen molar-refractivity contribution in [2.75, 3.05) is 7.11 Å². The van der Waals surface area contributed by atoms with Crippen LogP contribution in [-0.4, -0.2) is 18.2 Å². The minimum atomic E-state index is -0.437. The first-order chi connectivity index (χ1) is 8.19. The standard InChI is InChI=1S/C14H20O3/c1-3-4-5-6-13(15)11-7-9-12(10-8-11)14(16)17-2/h7-10,13,15H,3-6H2,1-2H3. The van der Waals surface area contributed by atoms with E-state index in [0.29, 0.717) is 5.56 Å². The Balaban J connectivity index is 2.57. The van der Waals surface area contributed by atoms with Crippen LogP contribution in [0.2, 0.25) is 0 Å². The van der Waals surface area contributed by atoms with Gasteiger partial charge in [-0.1, -0.05) is 38.3 Å². The van der Waals surface area contributed by atoms with Crippen molar-refractivity contribution in [3.63, 3.8) is 0 Å². The van der Waals surface area contributed by atoms with Crippen LogP contribution in [0.5, 0.6) is 0 Å². The molecule has 0 aromatic heterocycles. The van der Waals surface area contributed by atoms with Crippen molar-refractivity contribution < 1.29 is 14.6 Å². The van der Waals surface area contributed by atoms with Gasteiger partial charge in [0.1, 0.15) is 0 Å². The zero-order valence-corrected chi connectivity index (χ0v) is 10.5. The van der Waals surface area contributed by atoms with Gasteiger partial charge in [0, 0.05) is 0 Å². The molecule has 0 fully saturated rings. The molecule has 1 unspecified atom stereocenters. The SMILES string of the molecule is CCCCCC(O)c1ccc(C(=O)OC)cc1. The van der Waals surface area contributed by atoms with Crippen molar-refractivity contribution in [2.45, 2.75) is 38.7 Å². The Labute approximate surface area is 102 Å².